The Morgan fingerprint density at radius 1 is 1.25 bits per heavy atom. The highest BCUT2D eigenvalue weighted by molar-refractivity contribution is 7.86. The molecule has 0 saturated carbocycles. The fraction of sp³-hybridized carbons (Fsp3) is 0.200. The van der Waals surface area contributed by atoms with Crippen molar-refractivity contribution in [2.75, 3.05) is 12.3 Å². The minimum absolute atomic E-state index is 0.0991. The van der Waals surface area contributed by atoms with E-state index in [1.165, 1.54) is 12.1 Å². The molecule has 2 rings (SSSR count). The number of rotatable bonds is 5. The van der Waals surface area contributed by atoms with Crippen LogP contribution in [0.25, 0.3) is 0 Å². The molecule has 128 valence electrons. The van der Waals surface area contributed by atoms with E-state index in [1.807, 2.05) is 13.8 Å². The van der Waals surface area contributed by atoms with Gasteiger partial charge in [0, 0.05) is 0 Å². The van der Waals surface area contributed by atoms with E-state index in [0.717, 1.165) is 11.6 Å². The number of aryl methyl sites for hydroxylation is 1. The zero-order valence-corrected chi connectivity index (χ0v) is 14.6. The third-order valence-corrected chi connectivity index (χ3v) is 4.43. The molecule has 0 fully saturated rings. The molecule has 0 aliphatic heterocycles. The molecule has 2 aromatic carbocycles. The monoisotopic (exact) mass is 369 g/mol. The molecule has 3 N–H and O–H groups in total. The van der Waals surface area contributed by atoms with Crippen molar-refractivity contribution < 1.29 is 17.7 Å². The maximum Gasteiger partial charge on any atom is 0.296 e. The topological polar surface area (TPSA) is 114 Å². The van der Waals surface area contributed by atoms with Gasteiger partial charge in [0.2, 0.25) is 0 Å². The van der Waals surface area contributed by atoms with E-state index < -0.39 is 15.0 Å². The first-order valence-corrected chi connectivity index (χ1v) is 8.76. The summed E-state index contributed by atoms with van der Waals surface area (Å²) < 4.78 is 37.0. The molecule has 0 amide bonds. The second-order valence-electron chi connectivity index (χ2n) is 4.90. The van der Waals surface area contributed by atoms with Crippen LogP contribution >= 0.6 is 11.6 Å². The van der Waals surface area contributed by atoms with Crippen LogP contribution in [-0.2, 0) is 10.1 Å². The Morgan fingerprint density at radius 3 is 2.58 bits per heavy atom. The van der Waals surface area contributed by atoms with Gasteiger partial charge in [-0.25, -0.2) is 0 Å². The summed E-state index contributed by atoms with van der Waals surface area (Å²) in [4.78, 5) is -0.427. The maximum absolute atomic E-state index is 11.2. The second kappa shape index (κ2) is 7.16. The third kappa shape index (κ3) is 4.22. The van der Waals surface area contributed by atoms with Gasteiger partial charge < -0.3 is 10.5 Å². The predicted molar refractivity (Wildman–Crippen MR) is 92.2 cm³/mol. The van der Waals surface area contributed by atoms with E-state index in [-0.39, 0.29) is 10.7 Å². The van der Waals surface area contributed by atoms with Crippen LogP contribution in [0.1, 0.15) is 12.5 Å². The number of nitrogen functional groups attached to an aromatic ring is 1. The zero-order chi connectivity index (χ0) is 17.9. The zero-order valence-electron chi connectivity index (χ0n) is 13.0. The van der Waals surface area contributed by atoms with Crippen LogP contribution in [0.3, 0.4) is 0 Å². The van der Waals surface area contributed by atoms with Gasteiger partial charge in [-0.05, 0) is 49.7 Å². The molecule has 0 heterocycles. The van der Waals surface area contributed by atoms with Gasteiger partial charge in [0.05, 0.1) is 28.7 Å². The number of halogens is 1. The summed E-state index contributed by atoms with van der Waals surface area (Å²) in [5.74, 6) is 0.564. The van der Waals surface area contributed by atoms with Crippen LogP contribution in [0.4, 0.5) is 17.1 Å². The van der Waals surface area contributed by atoms with Gasteiger partial charge in [-0.3, -0.25) is 4.55 Å². The highest BCUT2D eigenvalue weighted by atomic mass is 35.5. The molecule has 0 atom stereocenters. The quantitative estimate of drug-likeness (QED) is 0.463. The summed E-state index contributed by atoms with van der Waals surface area (Å²) in [6, 6.07) is 7.29. The third-order valence-electron chi connectivity index (χ3n) is 3.09. The molecule has 0 bridgehead atoms. The number of hydrogen-bond acceptors (Lipinski definition) is 6. The summed E-state index contributed by atoms with van der Waals surface area (Å²) in [5, 5.41) is 7.93. The second-order valence-corrected chi connectivity index (χ2v) is 6.70. The van der Waals surface area contributed by atoms with Crippen LogP contribution in [0.5, 0.6) is 5.75 Å². The van der Waals surface area contributed by atoms with Gasteiger partial charge in [0.15, 0.2) is 0 Å². The lowest BCUT2D eigenvalue weighted by Crippen LogP contribution is -1.98. The summed E-state index contributed by atoms with van der Waals surface area (Å²) in [5.41, 5.74) is 7.84. The molecule has 24 heavy (non-hydrogen) atoms. The number of nitrogens with two attached hydrogens (primary N) is 1. The smallest absolute Gasteiger partial charge is 0.296 e. The lowest BCUT2D eigenvalue weighted by molar-refractivity contribution is 0.342. The Morgan fingerprint density at radius 2 is 1.96 bits per heavy atom. The minimum atomic E-state index is -4.44. The molecule has 0 saturated heterocycles. The van der Waals surface area contributed by atoms with Gasteiger partial charge in [-0.15, -0.1) is 0 Å². The number of nitrogens with zero attached hydrogens (tertiary/aromatic N) is 2. The lowest BCUT2D eigenvalue weighted by Gasteiger charge is -2.09. The number of azo groups is 1. The standard InChI is InChI=1S/C15H16ClN3O4S/c1-3-23-14-6-9(2)13(8-12(14)17)19-18-10-4-5-11(16)15(7-10)24(20,21)22/h4-8H,3,17H2,1-2H3,(H,20,21,22). The Balaban J connectivity index is 2.37. The molecule has 0 aromatic heterocycles. The Kier molecular flexibility index (Phi) is 5.43. The van der Waals surface area contributed by atoms with E-state index in [4.69, 9.17) is 26.6 Å². The van der Waals surface area contributed by atoms with Crippen LogP contribution < -0.4 is 10.5 Å². The van der Waals surface area contributed by atoms with Crippen molar-refractivity contribution in [2.45, 2.75) is 18.7 Å². The summed E-state index contributed by atoms with van der Waals surface area (Å²) in [7, 11) is -4.44. The molecule has 9 heteroatoms. The van der Waals surface area contributed by atoms with Crippen molar-refractivity contribution in [3.05, 3.63) is 40.9 Å². The average Bonchev–Trinajstić information content (AvgIpc) is 2.49. The average molecular weight is 370 g/mol. The Labute approximate surface area is 144 Å². The molecule has 0 unspecified atom stereocenters. The van der Waals surface area contributed by atoms with E-state index in [0.29, 0.717) is 23.7 Å². The van der Waals surface area contributed by atoms with Crippen LogP contribution in [0.2, 0.25) is 5.02 Å². The van der Waals surface area contributed by atoms with Crippen LogP contribution in [0, 0.1) is 6.92 Å². The first kappa shape index (κ1) is 18.2. The molecular formula is C15H16ClN3O4S. The van der Waals surface area contributed by atoms with Crippen molar-refractivity contribution in [1.29, 1.82) is 0 Å². The minimum Gasteiger partial charge on any atom is -0.492 e. The van der Waals surface area contributed by atoms with Gasteiger partial charge in [-0.1, -0.05) is 11.6 Å². The normalized spacial score (nSPS) is 11.8. The highest BCUT2D eigenvalue weighted by Crippen LogP contribution is 2.32. The molecule has 0 radical (unpaired) electrons. The number of ether oxygens (including phenoxy) is 1. The Bertz CT molecular complexity index is 898. The first-order valence-electron chi connectivity index (χ1n) is 6.94. The summed E-state index contributed by atoms with van der Waals surface area (Å²) in [6.07, 6.45) is 0. The molecule has 0 aliphatic rings. The highest BCUT2D eigenvalue weighted by Gasteiger charge is 2.15. The molecule has 7 nitrogen and oxygen atoms in total. The molecule has 0 spiro atoms. The van der Waals surface area contributed by atoms with Gasteiger partial charge in [0.25, 0.3) is 10.1 Å². The van der Waals surface area contributed by atoms with Crippen molar-refractivity contribution in [3.8, 4) is 5.75 Å². The van der Waals surface area contributed by atoms with Gasteiger partial charge in [-0.2, -0.15) is 18.6 Å². The van der Waals surface area contributed by atoms with E-state index in [1.54, 1.807) is 12.1 Å². The predicted octanol–water partition coefficient (Wildman–Crippen LogP) is 4.29. The molecular weight excluding hydrogens is 354 g/mol. The summed E-state index contributed by atoms with van der Waals surface area (Å²) >= 11 is 5.75. The Hall–Kier alpha value is -2.16. The van der Waals surface area contributed by atoms with E-state index >= 15 is 0 Å². The number of anilines is 1. The van der Waals surface area contributed by atoms with Gasteiger partial charge in [0.1, 0.15) is 10.6 Å². The number of hydrogen-bond donors (Lipinski definition) is 2. The van der Waals surface area contributed by atoms with Gasteiger partial charge >= 0.3 is 0 Å². The molecule has 2 aromatic rings. The fourth-order valence-electron chi connectivity index (χ4n) is 1.94. The SMILES string of the molecule is CCOc1cc(C)c(N=Nc2ccc(Cl)c(S(=O)(=O)O)c2)cc1N. The van der Waals surface area contributed by atoms with Crippen molar-refractivity contribution >= 4 is 38.8 Å². The van der Waals surface area contributed by atoms with Crippen molar-refractivity contribution in [2.24, 2.45) is 10.2 Å². The van der Waals surface area contributed by atoms with E-state index in [2.05, 4.69) is 10.2 Å². The van der Waals surface area contributed by atoms with Crippen LogP contribution in [0.15, 0.2) is 45.5 Å². The number of benzene rings is 2. The van der Waals surface area contributed by atoms with Crippen molar-refractivity contribution in [3.63, 3.8) is 0 Å². The summed E-state index contributed by atoms with van der Waals surface area (Å²) in [6.45, 7) is 4.17. The first-order chi connectivity index (χ1) is 11.2. The van der Waals surface area contributed by atoms with Crippen molar-refractivity contribution in [1.82, 2.24) is 0 Å². The molecule has 0 aliphatic carbocycles. The van der Waals surface area contributed by atoms with Crippen LogP contribution in [-0.4, -0.2) is 19.6 Å². The maximum atomic E-state index is 11.2. The lowest BCUT2D eigenvalue weighted by atomic mass is 10.1. The van der Waals surface area contributed by atoms with E-state index in [9.17, 15) is 8.42 Å². The fourth-order valence-corrected chi connectivity index (χ4v) is 2.93. The largest absolute Gasteiger partial charge is 0.492 e.